The molecule has 206 valence electrons. The van der Waals surface area contributed by atoms with E-state index in [1.54, 1.807) is 49.9 Å². The molecule has 0 spiro atoms. The lowest BCUT2D eigenvalue weighted by Gasteiger charge is -2.45. The Hall–Kier alpha value is -3.01. The van der Waals surface area contributed by atoms with Crippen molar-refractivity contribution in [3.8, 4) is 12.3 Å². The quantitative estimate of drug-likeness (QED) is 0.422. The summed E-state index contributed by atoms with van der Waals surface area (Å²) in [6.07, 6.45) is 6.09. The van der Waals surface area contributed by atoms with Crippen LogP contribution in [0.15, 0.2) is 24.3 Å². The molecule has 2 unspecified atom stereocenters. The number of hydrogen-bond acceptors (Lipinski definition) is 4. The Kier molecular flexibility index (Phi) is 10.8. The van der Waals surface area contributed by atoms with E-state index in [1.807, 2.05) is 55.4 Å². The third-order valence-corrected chi connectivity index (χ3v) is 5.87. The molecule has 0 saturated carbocycles. The highest BCUT2D eigenvalue weighted by molar-refractivity contribution is 5.93. The summed E-state index contributed by atoms with van der Waals surface area (Å²) >= 11 is 0. The van der Waals surface area contributed by atoms with Crippen LogP contribution in [-0.4, -0.2) is 45.5 Å². The van der Waals surface area contributed by atoms with E-state index in [0.717, 1.165) is 0 Å². The zero-order valence-corrected chi connectivity index (χ0v) is 24.6. The maximum atomic E-state index is 14.4. The molecule has 0 saturated heterocycles. The molecule has 0 aliphatic rings. The number of ether oxygens (including phenoxy) is 1. The number of amides is 3. The van der Waals surface area contributed by atoms with Gasteiger partial charge >= 0.3 is 6.09 Å². The molecule has 0 aliphatic heterocycles. The van der Waals surface area contributed by atoms with Gasteiger partial charge < -0.3 is 20.3 Å². The molecular weight excluding hydrogens is 466 g/mol. The van der Waals surface area contributed by atoms with Crippen LogP contribution in [0.3, 0.4) is 0 Å². The number of terminal acetylenes is 1. The highest BCUT2D eigenvalue weighted by atomic mass is 16.6. The highest BCUT2D eigenvalue weighted by Crippen LogP contribution is 2.34. The number of alkyl carbamates (subject to hydrolysis) is 1. The topological polar surface area (TPSA) is 87.7 Å². The van der Waals surface area contributed by atoms with Gasteiger partial charge in [0.25, 0.3) is 0 Å². The fraction of sp³-hybridized carbons (Fsp3) is 0.633. The first-order valence-electron chi connectivity index (χ1n) is 13.0. The van der Waals surface area contributed by atoms with Gasteiger partial charge in [-0.1, -0.05) is 44.9 Å². The van der Waals surface area contributed by atoms with Gasteiger partial charge in [-0.05, 0) is 85.8 Å². The molecule has 0 aliphatic carbocycles. The summed E-state index contributed by atoms with van der Waals surface area (Å²) in [5, 5.41) is 5.82. The molecule has 7 heteroatoms. The summed E-state index contributed by atoms with van der Waals surface area (Å²) in [5.41, 5.74) is -0.927. The fourth-order valence-corrected chi connectivity index (χ4v) is 3.96. The highest BCUT2D eigenvalue weighted by Gasteiger charge is 2.44. The molecule has 3 amide bonds. The van der Waals surface area contributed by atoms with Crippen LogP contribution in [0.25, 0.3) is 0 Å². The molecule has 0 bridgehead atoms. The third-order valence-electron chi connectivity index (χ3n) is 5.87. The number of benzene rings is 1. The van der Waals surface area contributed by atoms with Crippen molar-refractivity contribution in [1.82, 2.24) is 15.5 Å². The van der Waals surface area contributed by atoms with Gasteiger partial charge in [0.1, 0.15) is 17.7 Å². The molecule has 7 nitrogen and oxygen atoms in total. The minimum atomic E-state index is -1.01. The predicted octanol–water partition coefficient (Wildman–Crippen LogP) is 5.58. The summed E-state index contributed by atoms with van der Waals surface area (Å²) in [4.78, 5) is 42.6. The van der Waals surface area contributed by atoms with Crippen molar-refractivity contribution in [3.05, 3.63) is 35.4 Å². The van der Waals surface area contributed by atoms with Crippen LogP contribution in [0, 0.1) is 18.3 Å². The number of carbonyl (C=O) groups is 3. The van der Waals surface area contributed by atoms with Crippen LogP contribution in [0.1, 0.15) is 106 Å². The Bertz CT molecular complexity index is 993. The van der Waals surface area contributed by atoms with E-state index in [9.17, 15) is 14.4 Å². The average Bonchev–Trinajstić information content (AvgIpc) is 2.73. The summed E-state index contributed by atoms with van der Waals surface area (Å²) < 4.78 is 5.46. The van der Waals surface area contributed by atoms with Gasteiger partial charge in [-0.3, -0.25) is 9.59 Å². The maximum Gasteiger partial charge on any atom is 0.408 e. The van der Waals surface area contributed by atoms with Gasteiger partial charge in [-0.2, -0.15) is 0 Å². The number of carbonyl (C=O) groups excluding carboxylic acids is 3. The average molecular weight is 514 g/mol. The monoisotopic (exact) mass is 513 g/mol. The van der Waals surface area contributed by atoms with E-state index in [0.29, 0.717) is 24.0 Å². The Morgan fingerprint density at radius 1 is 1.03 bits per heavy atom. The molecule has 1 aromatic rings. The van der Waals surface area contributed by atoms with E-state index < -0.39 is 34.9 Å². The molecular formula is C30H47N3O4. The Morgan fingerprint density at radius 3 is 2.05 bits per heavy atom. The second-order valence-electron chi connectivity index (χ2n) is 12.6. The van der Waals surface area contributed by atoms with E-state index in [-0.39, 0.29) is 17.7 Å². The molecule has 2 N–H and O–H groups in total. The van der Waals surface area contributed by atoms with Crippen molar-refractivity contribution in [1.29, 1.82) is 0 Å². The van der Waals surface area contributed by atoms with Crippen LogP contribution in [0.4, 0.5) is 4.79 Å². The zero-order chi connectivity index (χ0) is 28.8. The molecule has 2 atom stereocenters. The number of nitrogens with zero attached hydrogens (tertiary/aromatic N) is 1. The molecule has 0 fully saturated rings. The first kappa shape index (κ1) is 32.0. The van der Waals surface area contributed by atoms with E-state index >= 15 is 0 Å². The van der Waals surface area contributed by atoms with Crippen LogP contribution in [-0.2, 0) is 14.3 Å². The number of nitrogens with one attached hydrogen (secondary N) is 2. The predicted molar refractivity (Wildman–Crippen MR) is 149 cm³/mol. The second-order valence-corrected chi connectivity index (χ2v) is 12.6. The van der Waals surface area contributed by atoms with Crippen molar-refractivity contribution in [2.24, 2.45) is 5.92 Å². The minimum Gasteiger partial charge on any atom is -0.444 e. The first-order chi connectivity index (χ1) is 16.8. The van der Waals surface area contributed by atoms with Crippen molar-refractivity contribution >= 4 is 17.9 Å². The fourth-order valence-electron chi connectivity index (χ4n) is 3.96. The van der Waals surface area contributed by atoms with Crippen molar-refractivity contribution in [3.63, 3.8) is 0 Å². The van der Waals surface area contributed by atoms with E-state index in [4.69, 9.17) is 11.2 Å². The van der Waals surface area contributed by atoms with E-state index in [1.165, 1.54) is 0 Å². The SMILES string of the molecule is C#Cc1ccccc1C(C(=O)NC(C)(C)C)N(C(=O)C(CC(C)C)NC(=O)OC(C)(C)C)C(C)(C)CC. The largest absolute Gasteiger partial charge is 0.444 e. The lowest BCUT2D eigenvalue weighted by Crippen LogP contribution is -2.60. The number of hydrogen-bond donors (Lipinski definition) is 2. The standard InChI is InChI=1S/C30H47N3O4/c1-13-21-17-15-16-18-22(21)24(25(34)32-28(5,6)7)33(30(11,12)14-2)26(35)23(19-20(3)4)31-27(36)37-29(8,9)10/h1,15-18,20,23-24H,14,19H2,2-12H3,(H,31,36)(H,32,34). The van der Waals surface area contributed by atoms with Crippen molar-refractivity contribution in [2.45, 2.75) is 118 Å². The van der Waals surface area contributed by atoms with Gasteiger partial charge in [-0.25, -0.2) is 4.79 Å². The van der Waals surface area contributed by atoms with Gasteiger partial charge in [0, 0.05) is 16.6 Å². The lowest BCUT2D eigenvalue weighted by molar-refractivity contribution is -0.150. The summed E-state index contributed by atoms with van der Waals surface area (Å²) in [6.45, 7) is 20.7. The summed E-state index contributed by atoms with van der Waals surface area (Å²) in [7, 11) is 0. The smallest absolute Gasteiger partial charge is 0.408 e. The normalized spacial score (nSPS) is 13.8. The van der Waals surface area contributed by atoms with Crippen LogP contribution >= 0.6 is 0 Å². The van der Waals surface area contributed by atoms with Crippen LogP contribution < -0.4 is 10.6 Å². The first-order valence-corrected chi connectivity index (χ1v) is 13.0. The molecule has 0 aromatic heterocycles. The molecule has 0 radical (unpaired) electrons. The van der Waals surface area contributed by atoms with Crippen LogP contribution in [0.2, 0.25) is 0 Å². The van der Waals surface area contributed by atoms with Crippen molar-refractivity contribution in [2.75, 3.05) is 0 Å². The summed E-state index contributed by atoms with van der Waals surface area (Å²) in [6, 6.07) is 5.25. The molecule has 37 heavy (non-hydrogen) atoms. The molecule has 0 heterocycles. The molecule has 1 aromatic carbocycles. The van der Waals surface area contributed by atoms with E-state index in [2.05, 4.69) is 16.6 Å². The second kappa shape index (κ2) is 12.5. The Balaban J connectivity index is 3.77. The summed E-state index contributed by atoms with van der Waals surface area (Å²) in [5.74, 6) is 2.05. The number of rotatable bonds is 9. The third kappa shape index (κ3) is 9.76. The Morgan fingerprint density at radius 2 is 1.59 bits per heavy atom. The maximum absolute atomic E-state index is 14.4. The van der Waals surface area contributed by atoms with Gasteiger partial charge in [0.2, 0.25) is 11.8 Å². The van der Waals surface area contributed by atoms with Crippen molar-refractivity contribution < 1.29 is 19.1 Å². The Labute approximate surface area is 224 Å². The van der Waals surface area contributed by atoms with Gasteiger partial charge in [0.05, 0.1) is 0 Å². The lowest BCUT2D eigenvalue weighted by atomic mass is 9.89. The minimum absolute atomic E-state index is 0.0929. The molecule has 1 rings (SSSR count). The zero-order valence-electron chi connectivity index (χ0n) is 24.6. The van der Waals surface area contributed by atoms with Crippen LogP contribution in [0.5, 0.6) is 0 Å². The van der Waals surface area contributed by atoms with Gasteiger partial charge in [0.15, 0.2) is 0 Å². The van der Waals surface area contributed by atoms with Gasteiger partial charge in [-0.15, -0.1) is 6.42 Å².